The van der Waals surface area contributed by atoms with Crippen molar-refractivity contribution >= 4 is 18.3 Å². The second-order valence-electron chi connectivity index (χ2n) is 6.59. The number of carbonyl (C=O) groups is 1. The molecule has 0 aromatic heterocycles. The molecule has 1 saturated heterocycles. The molecule has 2 aromatic rings. The minimum Gasteiger partial charge on any atom is -0.491 e. The van der Waals surface area contributed by atoms with Crippen LogP contribution >= 0.6 is 12.4 Å². The first-order chi connectivity index (χ1) is 12.7. The van der Waals surface area contributed by atoms with E-state index in [0.717, 1.165) is 5.75 Å². The summed E-state index contributed by atoms with van der Waals surface area (Å²) in [5.74, 6) is 1.37. The van der Waals surface area contributed by atoms with E-state index >= 15 is 0 Å². The molecule has 27 heavy (non-hydrogen) atoms. The third kappa shape index (κ3) is 5.22. The number of likely N-dealkylation sites (tertiary alicyclic amines) is 1. The van der Waals surface area contributed by atoms with E-state index in [4.69, 9.17) is 15.2 Å². The summed E-state index contributed by atoms with van der Waals surface area (Å²) in [5.41, 5.74) is 7.90. The van der Waals surface area contributed by atoms with Crippen LogP contribution < -0.4 is 10.5 Å². The first kappa shape index (κ1) is 21.2. The van der Waals surface area contributed by atoms with Gasteiger partial charge in [-0.05, 0) is 42.3 Å². The number of rotatable bonds is 7. The van der Waals surface area contributed by atoms with Crippen molar-refractivity contribution in [2.24, 2.45) is 11.7 Å². The minimum absolute atomic E-state index is 0. The van der Waals surface area contributed by atoms with Gasteiger partial charge in [-0.2, -0.15) is 0 Å². The number of methoxy groups -OCH3 is 1. The molecule has 2 atom stereocenters. The van der Waals surface area contributed by atoms with Gasteiger partial charge in [0.05, 0.1) is 6.61 Å². The summed E-state index contributed by atoms with van der Waals surface area (Å²) < 4.78 is 10.5. The van der Waals surface area contributed by atoms with Crippen LogP contribution in [0.2, 0.25) is 0 Å². The third-order valence-electron chi connectivity index (χ3n) is 4.92. The van der Waals surface area contributed by atoms with Crippen molar-refractivity contribution in [3.63, 3.8) is 0 Å². The second kappa shape index (κ2) is 10.3. The molecule has 5 nitrogen and oxygen atoms in total. The number of benzene rings is 2. The Kier molecular flexibility index (Phi) is 8.10. The Morgan fingerprint density at radius 2 is 1.78 bits per heavy atom. The van der Waals surface area contributed by atoms with Crippen LogP contribution in [0.25, 0.3) is 0 Å². The van der Waals surface area contributed by atoms with E-state index < -0.39 is 0 Å². The van der Waals surface area contributed by atoms with Gasteiger partial charge in [-0.15, -0.1) is 12.4 Å². The van der Waals surface area contributed by atoms with E-state index in [1.165, 1.54) is 5.56 Å². The maximum atomic E-state index is 12.9. The van der Waals surface area contributed by atoms with E-state index in [0.29, 0.717) is 44.3 Å². The van der Waals surface area contributed by atoms with Gasteiger partial charge in [0.15, 0.2) is 0 Å². The van der Waals surface area contributed by atoms with Crippen molar-refractivity contribution < 1.29 is 14.3 Å². The predicted octanol–water partition coefficient (Wildman–Crippen LogP) is 2.95. The summed E-state index contributed by atoms with van der Waals surface area (Å²) in [6.07, 6.45) is 0. The molecule has 2 N–H and O–H groups in total. The summed E-state index contributed by atoms with van der Waals surface area (Å²) in [6, 6.07) is 17.6. The topological polar surface area (TPSA) is 64.8 Å². The fourth-order valence-electron chi connectivity index (χ4n) is 3.47. The average Bonchev–Trinajstić information content (AvgIpc) is 3.13. The van der Waals surface area contributed by atoms with E-state index in [9.17, 15) is 4.79 Å². The molecule has 1 aliphatic rings. The van der Waals surface area contributed by atoms with Gasteiger partial charge < -0.3 is 20.1 Å². The normalized spacial score (nSPS) is 18.8. The van der Waals surface area contributed by atoms with Gasteiger partial charge in [0, 0.05) is 31.7 Å². The Balaban J connectivity index is 0.00000261. The quantitative estimate of drug-likeness (QED) is 0.738. The lowest BCUT2D eigenvalue weighted by Crippen LogP contribution is -2.29. The number of nitrogens with zero attached hydrogens (tertiary/aromatic N) is 1. The SMILES string of the molecule is COCCOc1ccc(C(=O)N2C[C@@H](CN)[C@H](c3ccccc3)C2)cc1.Cl. The van der Waals surface area contributed by atoms with Crippen molar-refractivity contribution in [2.75, 3.05) is 40.0 Å². The number of halogens is 1. The molecule has 0 radical (unpaired) electrons. The second-order valence-corrected chi connectivity index (χ2v) is 6.59. The van der Waals surface area contributed by atoms with E-state index in [1.54, 1.807) is 7.11 Å². The Morgan fingerprint density at radius 1 is 1.07 bits per heavy atom. The lowest BCUT2D eigenvalue weighted by Gasteiger charge is -2.17. The van der Waals surface area contributed by atoms with Gasteiger partial charge in [0.25, 0.3) is 5.91 Å². The van der Waals surface area contributed by atoms with Gasteiger partial charge >= 0.3 is 0 Å². The van der Waals surface area contributed by atoms with Gasteiger partial charge in [-0.3, -0.25) is 4.79 Å². The highest BCUT2D eigenvalue weighted by Crippen LogP contribution is 2.32. The predicted molar refractivity (Wildman–Crippen MR) is 109 cm³/mol. The van der Waals surface area contributed by atoms with Crippen LogP contribution in [0.3, 0.4) is 0 Å². The third-order valence-corrected chi connectivity index (χ3v) is 4.92. The number of hydrogen-bond acceptors (Lipinski definition) is 4. The zero-order valence-electron chi connectivity index (χ0n) is 15.5. The highest BCUT2D eigenvalue weighted by molar-refractivity contribution is 5.94. The smallest absolute Gasteiger partial charge is 0.253 e. The number of hydrogen-bond donors (Lipinski definition) is 1. The van der Waals surface area contributed by atoms with Crippen LogP contribution in [0, 0.1) is 5.92 Å². The molecule has 0 unspecified atom stereocenters. The van der Waals surface area contributed by atoms with Crippen LogP contribution in [0.5, 0.6) is 5.75 Å². The number of ether oxygens (including phenoxy) is 2. The fraction of sp³-hybridized carbons (Fsp3) is 0.381. The van der Waals surface area contributed by atoms with Crippen molar-refractivity contribution in [1.82, 2.24) is 4.90 Å². The number of amides is 1. The average molecular weight is 391 g/mol. The Hall–Kier alpha value is -2.08. The van der Waals surface area contributed by atoms with Crippen LogP contribution in [-0.2, 0) is 4.74 Å². The van der Waals surface area contributed by atoms with E-state index in [2.05, 4.69) is 12.1 Å². The van der Waals surface area contributed by atoms with Crippen molar-refractivity contribution in [3.8, 4) is 5.75 Å². The Labute approximate surface area is 166 Å². The number of nitrogens with two attached hydrogens (primary N) is 1. The molecule has 0 spiro atoms. The molecular formula is C21H27ClN2O3. The molecule has 146 valence electrons. The van der Waals surface area contributed by atoms with Gasteiger partial charge in [0.2, 0.25) is 0 Å². The molecule has 1 heterocycles. The zero-order chi connectivity index (χ0) is 18.4. The standard InChI is InChI=1S/C21H26N2O3.ClH/c1-25-11-12-26-19-9-7-17(8-10-19)21(24)23-14-18(13-22)20(15-23)16-5-3-2-4-6-16;/h2-10,18,20H,11-15,22H2,1H3;1H/t18-,20+;/m1./s1. The molecule has 0 bridgehead atoms. The lowest BCUT2D eigenvalue weighted by atomic mass is 9.89. The summed E-state index contributed by atoms with van der Waals surface area (Å²) in [6.45, 7) is 3.01. The molecule has 3 rings (SSSR count). The van der Waals surface area contributed by atoms with E-state index in [-0.39, 0.29) is 24.2 Å². The number of carbonyl (C=O) groups excluding carboxylic acids is 1. The van der Waals surface area contributed by atoms with Gasteiger partial charge in [-0.25, -0.2) is 0 Å². The summed E-state index contributed by atoms with van der Waals surface area (Å²) in [4.78, 5) is 14.8. The molecule has 0 saturated carbocycles. The molecule has 0 aliphatic carbocycles. The van der Waals surface area contributed by atoms with Crippen molar-refractivity contribution in [2.45, 2.75) is 5.92 Å². The fourth-order valence-corrected chi connectivity index (χ4v) is 3.47. The molecular weight excluding hydrogens is 364 g/mol. The monoisotopic (exact) mass is 390 g/mol. The maximum Gasteiger partial charge on any atom is 0.253 e. The van der Waals surface area contributed by atoms with Gasteiger partial charge in [0.1, 0.15) is 12.4 Å². The van der Waals surface area contributed by atoms with Crippen LogP contribution in [-0.4, -0.2) is 50.8 Å². The van der Waals surface area contributed by atoms with Crippen molar-refractivity contribution in [3.05, 3.63) is 65.7 Å². The lowest BCUT2D eigenvalue weighted by molar-refractivity contribution is 0.0786. The largest absolute Gasteiger partial charge is 0.491 e. The van der Waals surface area contributed by atoms with Crippen LogP contribution in [0.1, 0.15) is 21.8 Å². The first-order valence-corrected chi connectivity index (χ1v) is 8.99. The summed E-state index contributed by atoms with van der Waals surface area (Å²) >= 11 is 0. The maximum absolute atomic E-state index is 12.9. The minimum atomic E-state index is 0. The highest BCUT2D eigenvalue weighted by atomic mass is 35.5. The summed E-state index contributed by atoms with van der Waals surface area (Å²) in [7, 11) is 1.64. The zero-order valence-corrected chi connectivity index (χ0v) is 16.4. The first-order valence-electron chi connectivity index (χ1n) is 8.99. The molecule has 6 heteroatoms. The van der Waals surface area contributed by atoms with Crippen molar-refractivity contribution in [1.29, 1.82) is 0 Å². The van der Waals surface area contributed by atoms with Crippen LogP contribution in [0.15, 0.2) is 54.6 Å². The Bertz CT molecular complexity index is 709. The molecule has 1 amide bonds. The van der Waals surface area contributed by atoms with Crippen LogP contribution in [0.4, 0.5) is 0 Å². The van der Waals surface area contributed by atoms with E-state index in [1.807, 2.05) is 47.4 Å². The molecule has 1 aliphatic heterocycles. The Morgan fingerprint density at radius 3 is 2.41 bits per heavy atom. The molecule has 2 aromatic carbocycles. The van der Waals surface area contributed by atoms with Gasteiger partial charge in [-0.1, -0.05) is 30.3 Å². The molecule has 1 fully saturated rings. The summed E-state index contributed by atoms with van der Waals surface area (Å²) in [5, 5.41) is 0. The highest BCUT2D eigenvalue weighted by Gasteiger charge is 2.35.